The first-order chi connectivity index (χ1) is 8.24. The van der Waals surface area contributed by atoms with Crippen LogP contribution in [0.4, 0.5) is 11.4 Å². The first-order valence-electron chi connectivity index (χ1n) is 5.54. The van der Waals surface area contributed by atoms with Crippen LogP contribution in [0.3, 0.4) is 0 Å². The van der Waals surface area contributed by atoms with Gasteiger partial charge in [-0.3, -0.25) is 0 Å². The summed E-state index contributed by atoms with van der Waals surface area (Å²) in [5.74, 6) is 1.07. The van der Waals surface area contributed by atoms with Crippen molar-refractivity contribution in [2.24, 2.45) is 0 Å². The molecule has 88 valence electrons. The number of hydrogen-bond acceptors (Lipinski definition) is 3. The average molecular weight is 249 g/mol. The van der Waals surface area contributed by atoms with E-state index in [1.807, 2.05) is 24.5 Å². The standard InChI is InChI=1S/C12H13ClN4/c13-10-7-9(14)1-2-11(10)17-6-5-16-4-3-15-12(16)8-17/h1-4,7H,5-6,8,14H2. The summed E-state index contributed by atoms with van der Waals surface area (Å²) in [5.41, 5.74) is 7.41. The quantitative estimate of drug-likeness (QED) is 0.787. The second-order valence-electron chi connectivity index (χ2n) is 4.17. The predicted molar refractivity (Wildman–Crippen MR) is 69.1 cm³/mol. The van der Waals surface area contributed by atoms with E-state index in [0.29, 0.717) is 10.7 Å². The number of fused-ring (bicyclic) bond motifs is 1. The number of nitrogens with zero attached hydrogens (tertiary/aromatic N) is 3. The van der Waals surface area contributed by atoms with Crippen LogP contribution in [-0.4, -0.2) is 16.1 Å². The summed E-state index contributed by atoms with van der Waals surface area (Å²) >= 11 is 6.22. The molecule has 2 aromatic rings. The van der Waals surface area contributed by atoms with Crippen LogP contribution in [0.5, 0.6) is 0 Å². The first kappa shape index (κ1) is 10.5. The van der Waals surface area contributed by atoms with Crippen LogP contribution in [0.2, 0.25) is 5.02 Å². The van der Waals surface area contributed by atoms with Crippen molar-refractivity contribution >= 4 is 23.0 Å². The predicted octanol–water partition coefficient (Wildman–Crippen LogP) is 2.14. The molecule has 1 aliphatic heterocycles. The number of rotatable bonds is 1. The number of aromatic nitrogens is 2. The number of imidazole rings is 1. The molecular weight excluding hydrogens is 236 g/mol. The highest BCUT2D eigenvalue weighted by Crippen LogP contribution is 2.30. The molecule has 0 bridgehead atoms. The number of nitrogen functional groups attached to an aromatic ring is 1. The second-order valence-corrected chi connectivity index (χ2v) is 4.58. The maximum atomic E-state index is 6.22. The minimum Gasteiger partial charge on any atom is -0.399 e. The van der Waals surface area contributed by atoms with E-state index < -0.39 is 0 Å². The SMILES string of the molecule is Nc1ccc(N2CCn3ccnc3C2)c(Cl)c1. The minimum atomic E-state index is 0.692. The molecule has 2 N–H and O–H groups in total. The summed E-state index contributed by atoms with van der Waals surface area (Å²) in [6, 6.07) is 5.64. The molecule has 3 rings (SSSR count). The molecule has 1 aliphatic rings. The molecule has 0 saturated carbocycles. The molecule has 0 unspecified atom stereocenters. The summed E-state index contributed by atoms with van der Waals surface area (Å²) in [4.78, 5) is 6.56. The molecule has 0 aliphatic carbocycles. The van der Waals surface area contributed by atoms with Crippen molar-refractivity contribution in [1.82, 2.24) is 9.55 Å². The smallest absolute Gasteiger partial charge is 0.128 e. The van der Waals surface area contributed by atoms with Gasteiger partial charge in [-0.25, -0.2) is 4.98 Å². The summed E-state index contributed by atoms with van der Waals surface area (Å²) in [7, 11) is 0. The molecule has 5 heteroatoms. The van der Waals surface area contributed by atoms with Crippen molar-refractivity contribution in [2.75, 3.05) is 17.2 Å². The Morgan fingerprint density at radius 1 is 1.29 bits per heavy atom. The second kappa shape index (κ2) is 3.96. The molecule has 2 heterocycles. The van der Waals surface area contributed by atoms with Crippen LogP contribution in [0.15, 0.2) is 30.6 Å². The summed E-state index contributed by atoms with van der Waals surface area (Å²) < 4.78 is 2.17. The fourth-order valence-electron chi connectivity index (χ4n) is 2.16. The first-order valence-corrected chi connectivity index (χ1v) is 5.92. The molecular formula is C12H13ClN4. The Kier molecular flexibility index (Phi) is 2.44. The molecule has 1 aromatic heterocycles. The van der Waals surface area contributed by atoms with Crippen LogP contribution in [-0.2, 0) is 13.1 Å². The lowest BCUT2D eigenvalue weighted by Gasteiger charge is -2.30. The van der Waals surface area contributed by atoms with E-state index in [9.17, 15) is 0 Å². The van der Waals surface area contributed by atoms with Gasteiger partial charge in [-0.2, -0.15) is 0 Å². The van der Waals surface area contributed by atoms with Gasteiger partial charge in [0, 0.05) is 31.2 Å². The van der Waals surface area contributed by atoms with Crippen molar-refractivity contribution in [2.45, 2.75) is 13.1 Å². The Bertz CT molecular complexity index is 549. The third-order valence-electron chi connectivity index (χ3n) is 3.06. The zero-order chi connectivity index (χ0) is 11.8. The van der Waals surface area contributed by atoms with Crippen molar-refractivity contribution in [3.8, 4) is 0 Å². The van der Waals surface area contributed by atoms with Gasteiger partial charge in [0.2, 0.25) is 0 Å². The normalized spacial score (nSPS) is 14.8. The molecule has 0 saturated heterocycles. The Morgan fingerprint density at radius 2 is 2.18 bits per heavy atom. The van der Waals surface area contributed by atoms with E-state index in [0.717, 1.165) is 31.1 Å². The Labute approximate surface area is 105 Å². The van der Waals surface area contributed by atoms with Crippen molar-refractivity contribution < 1.29 is 0 Å². The number of benzene rings is 1. The third-order valence-corrected chi connectivity index (χ3v) is 3.36. The molecule has 1 aromatic carbocycles. The highest BCUT2D eigenvalue weighted by Gasteiger charge is 2.18. The van der Waals surface area contributed by atoms with E-state index in [1.54, 1.807) is 6.07 Å². The van der Waals surface area contributed by atoms with Gasteiger partial charge in [0.1, 0.15) is 5.82 Å². The molecule has 17 heavy (non-hydrogen) atoms. The van der Waals surface area contributed by atoms with Crippen LogP contribution >= 0.6 is 11.6 Å². The van der Waals surface area contributed by atoms with Gasteiger partial charge in [0.15, 0.2) is 0 Å². The maximum absolute atomic E-state index is 6.22. The van der Waals surface area contributed by atoms with E-state index in [-0.39, 0.29) is 0 Å². The van der Waals surface area contributed by atoms with Gasteiger partial charge in [-0.1, -0.05) is 11.6 Å². The monoisotopic (exact) mass is 248 g/mol. The third kappa shape index (κ3) is 1.85. The Balaban J connectivity index is 1.91. The zero-order valence-corrected chi connectivity index (χ0v) is 10.1. The summed E-state index contributed by atoms with van der Waals surface area (Å²) in [6.45, 7) is 2.67. The summed E-state index contributed by atoms with van der Waals surface area (Å²) in [6.07, 6.45) is 3.85. The largest absolute Gasteiger partial charge is 0.399 e. The average Bonchev–Trinajstić information content (AvgIpc) is 2.75. The molecule has 0 atom stereocenters. The lowest BCUT2D eigenvalue weighted by molar-refractivity contribution is 0.560. The van der Waals surface area contributed by atoms with E-state index in [2.05, 4.69) is 14.5 Å². The lowest BCUT2D eigenvalue weighted by atomic mass is 10.2. The van der Waals surface area contributed by atoms with Gasteiger partial charge < -0.3 is 15.2 Å². The number of nitrogens with two attached hydrogens (primary N) is 1. The van der Waals surface area contributed by atoms with Crippen molar-refractivity contribution in [3.63, 3.8) is 0 Å². The fourth-order valence-corrected chi connectivity index (χ4v) is 2.47. The summed E-state index contributed by atoms with van der Waals surface area (Å²) in [5, 5.41) is 0.699. The van der Waals surface area contributed by atoms with Crippen LogP contribution in [0, 0.1) is 0 Å². The van der Waals surface area contributed by atoms with E-state index >= 15 is 0 Å². The van der Waals surface area contributed by atoms with E-state index in [1.165, 1.54) is 0 Å². The van der Waals surface area contributed by atoms with Crippen molar-refractivity contribution in [1.29, 1.82) is 0 Å². The number of hydrogen-bond donors (Lipinski definition) is 1. The highest BCUT2D eigenvalue weighted by atomic mass is 35.5. The maximum Gasteiger partial charge on any atom is 0.128 e. The van der Waals surface area contributed by atoms with Gasteiger partial charge in [-0.15, -0.1) is 0 Å². The van der Waals surface area contributed by atoms with Gasteiger partial charge in [0.25, 0.3) is 0 Å². The molecule has 0 radical (unpaired) electrons. The van der Waals surface area contributed by atoms with Gasteiger partial charge in [-0.05, 0) is 18.2 Å². The molecule has 4 nitrogen and oxygen atoms in total. The van der Waals surface area contributed by atoms with E-state index in [4.69, 9.17) is 17.3 Å². The Hall–Kier alpha value is -1.68. The lowest BCUT2D eigenvalue weighted by Crippen LogP contribution is -2.33. The molecule has 0 spiro atoms. The zero-order valence-electron chi connectivity index (χ0n) is 9.31. The van der Waals surface area contributed by atoms with Gasteiger partial charge >= 0.3 is 0 Å². The Morgan fingerprint density at radius 3 is 3.00 bits per heavy atom. The highest BCUT2D eigenvalue weighted by molar-refractivity contribution is 6.33. The van der Waals surface area contributed by atoms with Crippen LogP contribution < -0.4 is 10.6 Å². The molecule has 0 fully saturated rings. The number of halogens is 1. The van der Waals surface area contributed by atoms with Gasteiger partial charge in [0.05, 0.1) is 17.3 Å². The van der Waals surface area contributed by atoms with Crippen LogP contribution in [0.25, 0.3) is 0 Å². The number of anilines is 2. The van der Waals surface area contributed by atoms with Crippen molar-refractivity contribution in [3.05, 3.63) is 41.4 Å². The topological polar surface area (TPSA) is 47.1 Å². The fraction of sp³-hybridized carbons (Fsp3) is 0.250. The molecule has 0 amide bonds. The minimum absolute atomic E-state index is 0.692. The van der Waals surface area contributed by atoms with Crippen LogP contribution in [0.1, 0.15) is 5.82 Å².